The van der Waals surface area contributed by atoms with Gasteiger partial charge >= 0.3 is 11.9 Å². The lowest BCUT2D eigenvalue weighted by Gasteiger charge is -2.59. The van der Waals surface area contributed by atoms with Crippen LogP contribution >= 0.6 is 0 Å². The van der Waals surface area contributed by atoms with Gasteiger partial charge in [0.1, 0.15) is 18.8 Å². The van der Waals surface area contributed by atoms with E-state index in [1.54, 1.807) is 6.92 Å². The van der Waals surface area contributed by atoms with E-state index < -0.39 is 5.97 Å². The fourth-order valence-corrected chi connectivity index (χ4v) is 5.03. The summed E-state index contributed by atoms with van der Waals surface area (Å²) in [5.74, 6) is 1.96. The lowest BCUT2D eigenvalue weighted by molar-refractivity contribution is -0.206. The first-order valence-corrected chi connectivity index (χ1v) is 9.00. The maximum absolute atomic E-state index is 12.2. The van der Waals surface area contributed by atoms with Crippen molar-refractivity contribution in [2.24, 2.45) is 23.7 Å². The minimum atomic E-state index is -0.442. The van der Waals surface area contributed by atoms with E-state index in [4.69, 9.17) is 14.2 Å². The van der Waals surface area contributed by atoms with E-state index in [1.807, 2.05) is 0 Å². The SMILES string of the molecule is C.C.C.C=C(C)C(=O)OCCOCC(=O)OC1(C)C2CC3CC(C2)CC1C3. The van der Waals surface area contributed by atoms with Crippen molar-refractivity contribution in [3.63, 3.8) is 0 Å². The zero-order chi connectivity index (χ0) is 17.3. The Balaban J connectivity index is 0.00000225. The van der Waals surface area contributed by atoms with Crippen LogP contribution in [0.5, 0.6) is 0 Å². The molecule has 4 fully saturated rings. The Morgan fingerprint density at radius 3 is 1.96 bits per heavy atom. The summed E-state index contributed by atoms with van der Waals surface area (Å²) in [6.45, 7) is 7.42. The van der Waals surface area contributed by atoms with Crippen LogP contribution in [-0.4, -0.2) is 37.4 Å². The number of hydrogen-bond acceptors (Lipinski definition) is 5. The van der Waals surface area contributed by atoms with Crippen molar-refractivity contribution in [2.75, 3.05) is 19.8 Å². The second-order valence-corrected chi connectivity index (χ2v) is 7.93. The largest absolute Gasteiger partial charge is 0.460 e. The van der Waals surface area contributed by atoms with E-state index in [9.17, 15) is 9.59 Å². The van der Waals surface area contributed by atoms with Gasteiger partial charge in [-0.25, -0.2) is 9.59 Å². The highest BCUT2D eigenvalue weighted by Gasteiger charge is 2.56. The molecule has 4 aliphatic rings. The molecular weight excluding hydrogens is 344 g/mol. The smallest absolute Gasteiger partial charge is 0.333 e. The van der Waals surface area contributed by atoms with Crippen molar-refractivity contribution in [3.05, 3.63) is 12.2 Å². The van der Waals surface area contributed by atoms with Gasteiger partial charge in [0, 0.05) is 5.57 Å². The van der Waals surface area contributed by atoms with E-state index in [0.29, 0.717) is 17.4 Å². The van der Waals surface area contributed by atoms with Gasteiger partial charge in [-0.2, -0.15) is 0 Å². The van der Waals surface area contributed by atoms with E-state index in [1.165, 1.54) is 32.1 Å². The molecule has 0 aromatic heterocycles. The monoisotopic (exact) mass is 384 g/mol. The van der Waals surface area contributed by atoms with Crippen molar-refractivity contribution in [2.45, 2.75) is 73.8 Å². The molecule has 0 aromatic carbocycles. The van der Waals surface area contributed by atoms with Crippen LogP contribution in [-0.2, 0) is 23.8 Å². The first kappa shape index (κ1) is 25.6. The highest BCUT2D eigenvalue weighted by atomic mass is 16.6. The molecule has 0 spiro atoms. The molecule has 0 heterocycles. The van der Waals surface area contributed by atoms with Gasteiger partial charge in [0.25, 0.3) is 0 Å². The third kappa shape index (κ3) is 5.56. The Hall–Kier alpha value is -1.36. The van der Waals surface area contributed by atoms with E-state index in [2.05, 4.69) is 13.5 Å². The Labute approximate surface area is 165 Å². The number of carbonyl (C=O) groups is 2. The molecule has 5 nitrogen and oxygen atoms in total. The molecule has 158 valence electrons. The summed E-state index contributed by atoms with van der Waals surface area (Å²) >= 11 is 0. The Bertz CT molecular complexity index is 497. The summed E-state index contributed by atoms with van der Waals surface area (Å²) in [5.41, 5.74) is 0.0320. The normalized spacial score (nSPS) is 32.4. The highest BCUT2D eigenvalue weighted by molar-refractivity contribution is 5.86. The zero-order valence-electron chi connectivity index (χ0n) is 14.7. The Morgan fingerprint density at radius 1 is 0.963 bits per heavy atom. The van der Waals surface area contributed by atoms with Gasteiger partial charge in [-0.3, -0.25) is 0 Å². The number of rotatable bonds is 7. The molecule has 0 N–H and O–H groups in total. The average Bonchev–Trinajstić information content (AvgIpc) is 2.51. The fourth-order valence-electron chi connectivity index (χ4n) is 5.03. The van der Waals surface area contributed by atoms with Gasteiger partial charge in [-0.15, -0.1) is 0 Å². The first-order valence-electron chi connectivity index (χ1n) is 9.00. The minimum absolute atomic E-state index is 0. The third-order valence-corrected chi connectivity index (χ3v) is 6.12. The predicted molar refractivity (Wildman–Crippen MR) is 108 cm³/mol. The Kier molecular flexibility index (Phi) is 9.74. The van der Waals surface area contributed by atoms with Gasteiger partial charge in [0.15, 0.2) is 0 Å². The second-order valence-electron chi connectivity index (χ2n) is 7.93. The molecule has 4 bridgehead atoms. The number of esters is 2. The van der Waals surface area contributed by atoms with E-state index >= 15 is 0 Å². The Morgan fingerprint density at radius 2 is 1.48 bits per heavy atom. The molecule has 0 unspecified atom stereocenters. The summed E-state index contributed by atoms with van der Waals surface area (Å²) in [7, 11) is 0. The molecular formula is C22H40O5. The van der Waals surface area contributed by atoms with Crippen LogP contribution in [0.1, 0.15) is 68.2 Å². The minimum Gasteiger partial charge on any atom is -0.460 e. The number of carbonyl (C=O) groups excluding carboxylic acids is 2. The van der Waals surface area contributed by atoms with Gasteiger partial charge in [0.05, 0.1) is 6.61 Å². The van der Waals surface area contributed by atoms with Crippen LogP contribution in [0.2, 0.25) is 0 Å². The van der Waals surface area contributed by atoms with Crippen LogP contribution in [0.3, 0.4) is 0 Å². The second kappa shape index (κ2) is 10.3. The van der Waals surface area contributed by atoms with Crippen LogP contribution < -0.4 is 0 Å². The van der Waals surface area contributed by atoms with E-state index in [0.717, 1.165) is 11.8 Å². The molecule has 0 radical (unpaired) electrons. The van der Waals surface area contributed by atoms with Gasteiger partial charge in [-0.05, 0) is 69.6 Å². The summed E-state index contributed by atoms with van der Waals surface area (Å²) < 4.78 is 16.1. The third-order valence-electron chi connectivity index (χ3n) is 6.12. The quantitative estimate of drug-likeness (QED) is 0.359. The maximum Gasteiger partial charge on any atom is 0.333 e. The lowest BCUT2D eigenvalue weighted by atomic mass is 9.50. The van der Waals surface area contributed by atoms with Crippen molar-refractivity contribution in [3.8, 4) is 0 Å². The van der Waals surface area contributed by atoms with Crippen molar-refractivity contribution in [1.29, 1.82) is 0 Å². The fraction of sp³-hybridized carbons (Fsp3) is 0.818. The van der Waals surface area contributed by atoms with Crippen molar-refractivity contribution in [1.82, 2.24) is 0 Å². The molecule has 5 heteroatoms. The standard InChI is InChI=1S/C19H28O5.3CH4/c1-12(2)18(21)23-5-4-22-11-17(20)24-19(3)15-7-13-6-14(9-15)10-16(19)8-13;;;/h13-16H,1,4-11H2,2-3H3;3*1H4. The zero-order valence-corrected chi connectivity index (χ0v) is 14.7. The summed E-state index contributed by atoms with van der Waals surface area (Å²) in [6.07, 6.45) is 6.19. The number of ether oxygens (including phenoxy) is 3. The molecule has 0 aliphatic heterocycles. The topological polar surface area (TPSA) is 61.8 Å². The lowest BCUT2D eigenvalue weighted by Crippen LogP contribution is -2.58. The van der Waals surface area contributed by atoms with Gasteiger partial charge in [-0.1, -0.05) is 28.9 Å². The molecule has 4 saturated carbocycles. The highest BCUT2D eigenvalue weighted by Crippen LogP contribution is 2.59. The average molecular weight is 385 g/mol. The number of hydrogen-bond donors (Lipinski definition) is 0. The van der Waals surface area contributed by atoms with Crippen LogP contribution in [0.25, 0.3) is 0 Å². The van der Waals surface area contributed by atoms with E-state index in [-0.39, 0.29) is 53.7 Å². The van der Waals surface area contributed by atoms with Gasteiger partial charge < -0.3 is 14.2 Å². The molecule has 0 saturated heterocycles. The molecule has 4 rings (SSSR count). The van der Waals surface area contributed by atoms with Crippen LogP contribution in [0.15, 0.2) is 12.2 Å². The van der Waals surface area contributed by atoms with Crippen molar-refractivity contribution >= 4 is 11.9 Å². The maximum atomic E-state index is 12.2. The molecule has 4 aliphatic carbocycles. The van der Waals surface area contributed by atoms with Crippen molar-refractivity contribution < 1.29 is 23.8 Å². The van der Waals surface area contributed by atoms with Crippen LogP contribution in [0, 0.1) is 23.7 Å². The van der Waals surface area contributed by atoms with Gasteiger partial charge in [0.2, 0.25) is 0 Å². The summed E-state index contributed by atoms with van der Waals surface area (Å²) in [4.78, 5) is 23.4. The molecule has 0 amide bonds. The van der Waals surface area contributed by atoms with Crippen LogP contribution in [0.4, 0.5) is 0 Å². The molecule has 27 heavy (non-hydrogen) atoms. The summed E-state index contributed by atoms with van der Waals surface area (Å²) in [6, 6.07) is 0. The molecule has 0 atom stereocenters. The molecule has 0 aromatic rings. The summed E-state index contributed by atoms with van der Waals surface area (Å²) in [5, 5.41) is 0. The predicted octanol–water partition coefficient (Wildman–Crippen LogP) is 4.79. The first-order chi connectivity index (χ1) is 11.4.